The third-order valence-corrected chi connectivity index (χ3v) is 10.7. The molecule has 0 radical (unpaired) electrons. The van der Waals surface area contributed by atoms with Gasteiger partial charge in [0.25, 0.3) is 5.91 Å². The van der Waals surface area contributed by atoms with Gasteiger partial charge in [-0.15, -0.1) is 23.1 Å². The lowest BCUT2D eigenvalue weighted by Crippen LogP contribution is -2.58. The molecule has 1 saturated heterocycles. The van der Waals surface area contributed by atoms with Crippen molar-refractivity contribution in [3.63, 3.8) is 0 Å². The van der Waals surface area contributed by atoms with Gasteiger partial charge >= 0.3 is 30.1 Å². The molecule has 2 aliphatic rings. The summed E-state index contributed by atoms with van der Waals surface area (Å²) in [5, 5.41) is 21.2. The number of nitrogens with zero attached hydrogens (tertiary/aromatic N) is 3. The molecular formula is C38H40N6O13S2. The number of amides is 4. The maximum atomic E-state index is 13.9. The Morgan fingerprint density at radius 1 is 0.966 bits per heavy atom. The van der Waals surface area contributed by atoms with Crippen LogP contribution in [0.4, 0.5) is 20.4 Å². The smallest absolute Gasteiger partial charge is 0.413 e. The zero-order valence-electron chi connectivity index (χ0n) is 32.6. The molecule has 0 spiro atoms. The van der Waals surface area contributed by atoms with Crippen LogP contribution in [0.2, 0.25) is 0 Å². The van der Waals surface area contributed by atoms with Crippen molar-refractivity contribution >= 4 is 81.5 Å². The van der Waals surface area contributed by atoms with E-state index in [1.54, 1.807) is 75.4 Å². The number of rotatable bonds is 14. The number of aromatic nitrogens is 1. The van der Waals surface area contributed by atoms with Gasteiger partial charge in [0.1, 0.15) is 42.7 Å². The van der Waals surface area contributed by atoms with Crippen LogP contribution >= 0.6 is 23.1 Å². The molecule has 1 fully saturated rings. The summed E-state index contributed by atoms with van der Waals surface area (Å²) in [5.74, 6) is -4.30. The molecule has 0 aliphatic carbocycles. The monoisotopic (exact) mass is 852 g/mol. The lowest BCUT2D eigenvalue weighted by molar-refractivity contribution is -0.147. The van der Waals surface area contributed by atoms with Crippen molar-refractivity contribution in [1.82, 2.24) is 15.2 Å². The number of aliphatic carboxylic acids is 1. The van der Waals surface area contributed by atoms with Gasteiger partial charge in [-0.1, -0.05) is 53.7 Å². The molecule has 312 valence electrons. The van der Waals surface area contributed by atoms with Crippen LogP contribution in [0.25, 0.3) is 0 Å². The van der Waals surface area contributed by atoms with E-state index in [9.17, 15) is 38.7 Å². The molecule has 21 heteroatoms. The van der Waals surface area contributed by atoms with Gasteiger partial charge in [-0.2, -0.15) is 0 Å². The number of nitrogens with one attached hydrogen (secondary N) is 3. The molecule has 4 N–H and O–H groups in total. The summed E-state index contributed by atoms with van der Waals surface area (Å²) in [5.41, 5.74) is -2.74. The zero-order valence-corrected chi connectivity index (χ0v) is 34.2. The van der Waals surface area contributed by atoms with Crippen molar-refractivity contribution in [3.05, 3.63) is 88.1 Å². The summed E-state index contributed by atoms with van der Waals surface area (Å²) in [6.45, 7) is 5.07. The maximum Gasteiger partial charge on any atom is 0.413 e. The number of carbonyl (C=O) groups is 7. The summed E-state index contributed by atoms with van der Waals surface area (Å²) in [6, 6.07) is 14.8. The highest BCUT2D eigenvalue weighted by Crippen LogP contribution is 2.43. The minimum atomic E-state index is -1.81. The fraction of sp³-hybridized carbons (Fsp3) is 0.342. The number of hydrogen-bond donors (Lipinski definition) is 4. The number of ether oxygens (including phenoxy) is 4. The molecule has 3 heterocycles. The van der Waals surface area contributed by atoms with Crippen LogP contribution in [0.15, 0.2) is 76.4 Å². The number of methoxy groups -OCH3 is 1. The summed E-state index contributed by atoms with van der Waals surface area (Å²) in [4.78, 5) is 100. The number of carboxylic acids is 1. The number of esters is 2. The topological polar surface area (TPSA) is 250 Å². The first-order valence-electron chi connectivity index (χ1n) is 17.6. The van der Waals surface area contributed by atoms with E-state index in [2.05, 4.69) is 26.1 Å². The van der Waals surface area contributed by atoms with Gasteiger partial charge < -0.3 is 34.2 Å². The van der Waals surface area contributed by atoms with Crippen LogP contribution in [0, 0.1) is 0 Å². The van der Waals surface area contributed by atoms with Gasteiger partial charge in [-0.05, 0) is 32.4 Å². The largest absolute Gasteiger partial charge is 0.477 e. The second kappa shape index (κ2) is 18.4. The number of carboxylic acid groups (broad SMARTS) is 1. The molecule has 0 saturated carbocycles. The minimum absolute atomic E-state index is 0.0203. The number of hydrogen-bond acceptors (Lipinski definition) is 16. The Morgan fingerprint density at radius 3 is 2.29 bits per heavy atom. The summed E-state index contributed by atoms with van der Waals surface area (Å²) >= 11 is 1.95. The Kier molecular flexibility index (Phi) is 13.6. The standard InChI is InChI=1S/C38H40N6O13S2/c1-20(45)55-17-22-29(32(48)49)44-26(46)16-27(44)59-31(22)41-30(47)28(43-54-6)25-18-58-34(39-25)42-35(51)56-19-38(33(50)53-5,21-12-8-7-9-13-21)23-14-10-11-15-24(23)40-36(52)57-37(2,3)4/h7-15,18,27,31H,16-17,19H2,1-6H3,(H,40,52)(H,41,47)(H,48,49)(H,39,42,51)/t27-,31?,38?/m0/s1. The molecular weight excluding hydrogens is 813 g/mol. The van der Waals surface area contributed by atoms with Crippen molar-refractivity contribution < 1.29 is 62.5 Å². The molecule has 2 unspecified atom stereocenters. The highest BCUT2D eigenvalue weighted by atomic mass is 32.2. The van der Waals surface area contributed by atoms with Crippen molar-refractivity contribution in [2.45, 2.75) is 55.9 Å². The van der Waals surface area contributed by atoms with E-state index in [4.69, 9.17) is 23.8 Å². The first-order chi connectivity index (χ1) is 28.0. The van der Waals surface area contributed by atoms with Crippen molar-refractivity contribution in [2.24, 2.45) is 5.16 Å². The third kappa shape index (κ3) is 9.98. The first kappa shape index (κ1) is 43.6. The van der Waals surface area contributed by atoms with Gasteiger partial charge in [-0.25, -0.2) is 19.4 Å². The van der Waals surface area contributed by atoms with Gasteiger partial charge in [0.2, 0.25) is 5.91 Å². The number of para-hydroxylation sites is 1. The average Bonchev–Trinajstić information content (AvgIpc) is 3.63. The number of thioether (sulfide) groups is 1. The second-order valence-electron chi connectivity index (χ2n) is 13.7. The zero-order chi connectivity index (χ0) is 43.1. The van der Waals surface area contributed by atoms with Crippen LogP contribution in [0.1, 0.15) is 50.9 Å². The van der Waals surface area contributed by atoms with E-state index in [-0.39, 0.29) is 39.8 Å². The van der Waals surface area contributed by atoms with Crippen LogP contribution in [0.3, 0.4) is 0 Å². The van der Waals surface area contributed by atoms with Crippen molar-refractivity contribution in [3.8, 4) is 0 Å². The molecule has 0 bridgehead atoms. The Morgan fingerprint density at radius 2 is 1.66 bits per heavy atom. The van der Waals surface area contributed by atoms with E-state index in [0.717, 1.165) is 34.9 Å². The lowest BCUT2D eigenvalue weighted by atomic mass is 9.74. The number of anilines is 2. The van der Waals surface area contributed by atoms with E-state index in [1.165, 1.54) is 19.6 Å². The predicted octanol–water partition coefficient (Wildman–Crippen LogP) is 4.20. The molecule has 1 aromatic heterocycles. The quantitative estimate of drug-likeness (QED) is 0.0583. The van der Waals surface area contributed by atoms with Crippen molar-refractivity contribution in [1.29, 1.82) is 0 Å². The Balaban J connectivity index is 1.38. The van der Waals surface area contributed by atoms with E-state index in [1.807, 2.05) is 0 Å². The number of carbonyl (C=O) groups excluding carboxylic acids is 6. The minimum Gasteiger partial charge on any atom is -0.477 e. The van der Waals surface area contributed by atoms with Crippen LogP contribution in [-0.4, -0.2) is 106 Å². The molecule has 2 aromatic carbocycles. The predicted molar refractivity (Wildman–Crippen MR) is 212 cm³/mol. The Bertz CT molecular complexity index is 2200. The van der Waals surface area contributed by atoms with Gasteiger partial charge in [-0.3, -0.25) is 34.7 Å². The van der Waals surface area contributed by atoms with E-state index < -0.39 is 82.6 Å². The first-order valence-corrected chi connectivity index (χ1v) is 19.4. The second-order valence-corrected chi connectivity index (χ2v) is 15.8. The molecule has 59 heavy (non-hydrogen) atoms. The molecule has 4 amide bonds. The Hall–Kier alpha value is -6.48. The highest BCUT2D eigenvalue weighted by Gasteiger charge is 2.50. The van der Waals surface area contributed by atoms with Crippen LogP contribution in [0.5, 0.6) is 0 Å². The molecule has 19 nitrogen and oxygen atoms in total. The van der Waals surface area contributed by atoms with Crippen LogP contribution in [-0.2, 0) is 53.2 Å². The van der Waals surface area contributed by atoms with Gasteiger partial charge in [0, 0.05) is 29.1 Å². The van der Waals surface area contributed by atoms with Gasteiger partial charge in [0.15, 0.2) is 16.3 Å². The summed E-state index contributed by atoms with van der Waals surface area (Å²) in [6.07, 6.45) is -1.82. The summed E-state index contributed by atoms with van der Waals surface area (Å²) in [7, 11) is 2.35. The normalized spacial score (nSPS) is 17.3. The molecule has 5 rings (SSSR count). The fourth-order valence-electron chi connectivity index (χ4n) is 6.07. The third-order valence-electron chi connectivity index (χ3n) is 8.55. The highest BCUT2D eigenvalue weighted by molar-refractivity contribution is 8.00. The SMILES string of the molecule is CON=C(C(=O)NC1S[C@H]2CC(=O)N2C(C(=O)O)=C1COC(C)=O)c1csc(NC(=O)OCC(C(=O)OC)(c2ccccc2)c2ccccc2NC(=O)OC(C)(C)C)n1. The number of oxime groups is 1. The van der Waals surface area contributed by atoms with E-state index in [0.29, 0.717) is 5.56 Å². The number of fused-ring (bicyclic) bond motifs is 1. The number of thiazole rings is 1. The van der Waals surface area contributed by atoms with Crippen LogP contribution < -0.4 is 16.0 Å². The molecule has 3 aromatic rings. The Labute approximate surface area is 345 Å². The molecule has 3 atom stereocenters. The van der Waals surface area contributed by atoms with E-state index >= 15 is 0 Å². The average molecular weight is 853 g/mol. The lowest BCUT2D eigenvalue weighted by Gasteiger charge is -2.46. The van der Waals surface area contributed by atoms with Crippen molar-refractivity contribution in [2.75, 3.05) is 38.1 Å². The number of β-lactam (4-membered cyclic amide) rings is 1. The molecule has 2 aliphatic heterocycles. The number of benzene rings is 2. The summed E-state index contributed by atoms with van der Waals surface area (Å²) < 4.78 is 21.5. The maximum absolute atomic E-state index is 13.9. The van der Waals surface area contributed by atoms with Gasteiger partial charge in [0.05, 0.1) is 18.9 Å². The fourth-order valence-corrected chi connectivity index (χ4v) is 8.16.